The van der Waals surface area contributed by atoms with E-state index in [4.69, 9.17) is 14.5 Å². The number of halogens is 5. The molecule has 1 aromatic carbocycles. The van der Waals surface area contributed by atoms with Crippen molar-refractivity contribution >= 4 is 45.1 Å². The molecule has 0 atom stereocenters. The fourth-order valence-corrected chi connectivity index (χ4v) is 3.34. The molecular formula is C19H21BrF4N6O5. The maximum atomic E-state index is 13.4. The van der Waals surface area contributed by atoms with E-state index in [1.54, 1.807) is 0 Å². The van der Waals surface area contributed by atoms with Crippen molar-refractivity contribution in [2.24, 2.45) is 10.9 Å². The van der Waals surface area contributed by atoms with Gasteiger partial charge in [0.2, 0.25) is 11.7 Å². The second kappa shape index (κ2) is 12.6. The highest BCUT2D eigenvalue weighted by atomic mass is 79.9. The summed E-state index contributed by atoms with van der Waals surface area (Å²) in [7, 11) is 0. The summed E-state index contributed by atoms with van der Waals surface area (Å²) in [4.78, 5) is 27.9. The number of anilines is 1. The van der Waals surface area contributed by atoms with Crippen molar-refractivity contribution in [3.8, 4) is 0 Å². The number of benzene rings is 1. The number of amides is 1. The van der Waals surface area contributed by atoms with E-state index in [2.05, 4.69) is 48.4 Å². The number of aliphatic imine (C=N–C) groups is 1. The quantitative estimate of drug-likeness (QED) is 0.184. The van der Waals surface area contributed by atoms with Gasteiger partial charge < -0.3 is 15.3 Å². The third kappa shape index (κ3) is 8.25. The number of aliphatic carboxylic acids is 1. The number of amidine groups is 1. The van der Waals surface area contributed by atoms with Crippen molar-refractivity contribution in [2.75, 3.05) is 25.0 Å². The summed E-state index contributed by atoms with van der Waals surface area (Å²) in [5, 5.41) is 26.7. The van der Waals surface area contributed by atoms with Crippen LogP contribution in [0, 0.1) is 11.7 Å². The zero-order valence-electron chi connectivity index (χ0n) is 18.1. The van der Waals surface area contributed by atoms with Gasteiger partial charge in [0.15, 0.2) is 11.5 Å². The molecule has 0 aliphatic carbocycles. The maximum Gasteiger partial charge on any atom is 0.490 e. The molecule has 1 fully saturated rings. The van der Waals surface area contributed by atoms with E-state index in [0.29, 0.717) is 5.69 Å². The van der Waals surface area contributed by atoms with E-state index in [9.17, 15) is 27.6 Å². The van der Waals surface area contributed by atoms with Crippen molar-refractivity contribution in [3.63, 3.8) is 0 Å². The van der Waals surface area contributed by atoms with Gasteiger partial charge in [-0.05, 0) is 76.9 Å². The Bertz CT molecular complexity index is 1060. The number of carboxylic acid groups (broad SMARTS) is 1. The maximum absolute atomic E-state index is 13.4. The number of carboxylic acids is 1. The molecule has 0 saturated carbocycles. The Kier molecular flexibility index (Phi) is 10.1. The molecule has 1 aliphatic rings. The molecule has 192 valence electrons. The number of alkyl halides is 3. The predicted octanol–water partition coefficient (Wildman–Crippen LogP) is 3.33. The van der Waals surface area contributed by atoms with Crippen molar-refractivity contribution in [1.82, 2.24) is 20.7 Å². The van der Waals surface area contributed by atoms with Crippen LogP contribution in [0.15, 0.2) is 32.3 Å². The molecule has 0 bridgehead atoms. The van der Waals surface area contributed by atoms with E-state index in [1.165, 1.54) is 18.2 Å². The molecule has 1 aliphatic heterocycles. The number of piperidine rings is 1. The Morgan fingerprint density at radius 2 is 1.91 bits per heavy atom. The summed E-state index contributed by atoms with van der Waals surface area (Å²) >= 11 is 3.07. The molecule has 4 N–H and O–H groups in total. The first-order valence-corrected chi connectivity index (χ1v) is 10.9. The Labute approximate surface area is 204 Å². The molecule has 1 amide bonds. The van der Waals surface area contributed by atoms with E-state index in [-0.39, 0.29) is 33.6 Å². The number of likely N-dealkylation sites (tertiary alicyclic amines) is 1. The number of carbonyl (C=O) groups excluding carboxylic acids is 1. The van der Waals surface area contributed by atoms with Crippen molar-refractivity contribution in [3.05, 3.63) is 34.2 Å². The number of carbonyl (C=O) groups is 2. The normalized spacial score (nSPS) is 15.2. The molecule has 35 heavy (non-hydrogen) atoms. The van der Waals surface area contributed by atoms with Crippen LogP contribution in [0.2, 0.25) is 0 Å². The number of hydrogen-bond acceptors (Lipinski definition) is 8. The Balaban J connectivity index is 0.000000540. The highest BCUT2D eigenvalue weighted by Gasteiger charge is 2.38. The van der Waals surface area contributed by atoms with Gasteiger partial charge in [-0.25, -0.2) is 18.8 Å². The van der Waals surface area contributed by atoms with E-state index < -0.39 is 18.0 Å². The summed E-state index contributed by atoms with van der Waals surface area (Å²) < 4.78 is 50.0. The molecule has 2 aromatic rings. The summed E-state index contributed by atoms with van der Waals surface area (Å²) in [5.41, 5.74) is 2.29. The van der Waals surface area contributed by atoms with Crippen LogP contribution in [0.25, 0.3) is 0 Å². The highest BCUT2D eigenvalue weighted by molar-refractivity contribution is 9.10. The van der Waals surface area contributed by atoms with Crippen molar-refractivity contribution in [2.45, 2.75) is 25.9 Å². The number of nitrogens with zero attached hydrogens (tertiary/aromatic N) is 4. The molecule has 1 saturated heterocycles. The third-order valence-corrected chi connectivity index (χ3v) is 5.46. The molecule has 0 unspecified atom stereocenters. The number of hydroxylamine groups is 1. The van der Waals surface area contributed by atoms with Gasteiger partial charge in [0, 0.05) is 5.92 Å². The first-order chi connectivity index (χ1) is 16.5. The Hall–Kier alpha value is -3.11. The lowest BCUT2D eigenvalue weighted by molar-refractivity contribution is -0.192. The largest absolute Gasteiger partial charge is 0.490 e. The smallest absolute Gasteiger partial charge is 0.475 e. The Morgan fingerprint density at radius 1 is 1.29 bits per heavy atom. The van der Waals surface area contributed by atoms with Crippen LogP contribution < -0.4 is 10.8 Å². The first kappa shape index (κ1) is 28.1. The molecule has 0 spiro atoms. The molecule has 11 nitrogen and oxygen atoms in total. The van der Waals surface area contributed by atoms with Gasteiger partial charge in [-0.2, -0.15) is 13.2 Å². The Morgan fingerprint density at radius 3 is 2.43 bits per heavy atom. The van der Waals surface area contributed by atoms with Crippen LogP contribution >= 0.6 is 15.9 Å². The van der Waals surface area contributed by atoms with Gasteiger partial charge in [0.25, 0.3) is 0 Å². The van der Waals surface area contributed by atoms with Gasteiger partial charge in [0.05, 0.1) is 10.2 Å². The van der Waals surface area contributed by atoms with Gasteiger partial charge in [-0.1, -0.05) is 6.92 Å². The van der Waals surface area contributed by atoms with Crippen LogP contribution in [0.5, 0.6) is 0 Å². The summed E-state index contributed by atoms with van der Waals surface area (Å²) in [5.74, 6) is -3.58. The van der Waals surface area contributed by atoms with Crippen LogP contribution in [0.1, 0.15) is 25.5 Å². The second-order valence-electron chi connectivity index (χ2n) is 7.13. The van der Waals surface area contributed by atoms with Crippen molar-refractivity contribution in [1.29, 1.82) is 0 Å². The minimum atomic E-state index is -5.08. The second-order valence-corrected chi connectivity index (χ2v) is 7.99. The minimum Gasteiger partial charge on any atom is -0.475 e. The average Bonchev–Trinajstić information content (AvgIpc) is 3.27. The van der Waals surface area contributed by atoms with Gasteiger partial charge in [-0.3, -0.25) is 15.5 Å². The SMILES string of the molecule is CCN1CCC(C(=O)Nc2nonc2C(=Nc2ccc(F)c(Br)c2)NO)CC1.O=C(O)C(F)(F)F. The zero-order chi connectivity index (χ0) is 26.2. The molecule has 2 heterocycles. The third-order valence-electron chi connectivity index (χ3n) is 4.85. The van der Waals surface area contributed by atoms with Crippen LogP contribution in [0.4, 0.5) is 29.1 Å². The summed E-state index contributed by atoms with van der Waals surface area (Å²) in [6, 6.07) is 4.08. The van der Waals surface area contributed by atoms with Gasteiger partial charge in [0.1, 0.15) is 5.82 Å². The lowest BCUT2D eigenvalue weighted by Gasteiger charge is -2.29. The molecule has 0 radical (unpaired) electrons. The topological polar surface area (TPSA) is 153 Å². The highest BCUT2D eigenvalue weighted by Crippen LogP contribution is 2.24. The van der Waals surface area contributed by atoms with Crippen LogP contribution in [-0.4, -0.2) is 69.0 Å². The summed E-state index contributed by atoms with van der Waals surface area (Å²) in [6.45, 7) is 4.79. The van der Waals surface area contributed by atoms with Gasteiger partial charge >= 0.3 is 12.1 Å². The average molecular weight is 569 g/mol. The standard InChI is InChI=1S/C17H20BrFN6O3.C2HF3O2/c1-2-25-7-5-10(6-8-25)17(26)21-16-14(23-28-24-16)15(22-27)20-11-3-4-13(19)12(18)9-11;3-2(4,5)1(6)7/h3-4,9-10,27H,2,5-8H2,1H3,(H,20,22)(H,21,24,26);(H,6,7). The lowest BCUT2D eigenvalue weighted by atomic mass is 9.96. The molecule has 16 heteroatoms. The monoisotopic (exact) mass is 568 g/mol. The zero-order valence-corrected chi connectivity index (χ0v) is 19.7. The van der Waals surface area contributed by atoms with Crippen LogP contribution in [0.3, 0.4) is 0 Å². The first-order valence-electron chi connectivity index (χ1n) is 10.1. The number of nitrogens with one attached hydrogen (secondary N) is 2. The fourth-order valence-electron chi connectivity index (χ4n) is 2.97. The number of hydrogen-bond donors (Lipinski definition) is 4. The van der Waals surface area contributed by atoms with E-state index >= 15 is 0 Å². The lowest BCUT2D eigenvalue weighted by Crippen LogP contribution is -2.38. The fraction of sp³-hybridized carbons (Fsp3) is 0.421. The van der Waals surface area contributed by atoms with Gasteiger partial charge in [-0.15, -0.1) is 0 Å². The van der Waals surface area contributed by atoms with E-state index in [0.717, 1.165) is 32.5 Å². The molecule has 1 aromatic heterocycles. The summed E-state index contributed by atoms with van der Waals surface area (Å²) in [6.07, 6.45) is -3.58. The molecular weight excluding hydrogens is 548 g/mol. The minimum absolute atomic E-state index is 0.0299. The van der Waals surface area contributed by atoms with Crippen molar-refractivity contribution < 1.29 is 42.1 Å². The predicted molar refractivity (Wildman–Crippen MR) is 117 cm³/mol. The van der Waals surface area contributed by atoms with Crippen LogP contribution in [-0.2, 0) is 9.59 Å². The number of rotatable bonds is 5. The number of aromatic nitrogens is 2. The molecule has 3 rings (SSSR count). The van der Waals surface area contributed by atoms with E-state index in [1.807, 2.05) is 5.48 Å².